The van der Waals surface area contributed by atoms with Crippen molar-refractivity contribution in [3.05, 3.63) is 64.2 Å². The number of hydrogen-bond acceptors (Lipinski definition) is 6. The van der Waals surface area contributed by atoms with E-state index in [1.807, 2.05) is 0 Å². The maximum absolute atomic E-state index is 13.8. The minimum atomic E-state index is -4.74. The minimum absolute atomic E-state index is 0.0242. The van der Waals surface area contributed by atoms with Crippen molar-refractivity contribution in [3.63, 3.8) is 0 Å². The quantitative estimate of drug-likeness (QED) is 0.520. The van der Waals surface area contributed by atoms with Gasteiger partial charge in [-0.15, -0.1) is 0 Å². The highest BCUT2D eigenvalue weighted by molar-refractivity contribution is 6.31. The second kappa shape index (κ2) is 10.1. The smallest absolute Gasteiger partial charge is 0.299 e. The first kappa shape index (κ1) is 26.0. The van der Waals surface area contributed by atoms with Gasteiger partial charge in [0.2, 0.25) is 11.9 Å². The van der Waals surface area contributed by atoms with Crippen molar-refractivity contribution >= 4 is 35.1 Å². The molecule has 13 heteroatoms. The highest BCUT2D eigenvalue weighted by Crippen LogP contribution is 2.31. The fourth-order valence-electron chi connectivity index (χ4n) is 3.68. The van der Waals surface area contributed by atoms with Gasteiger partial charge in [-0.1, -0.05) is 17.5 Å². The predicted molar refractivity (Wildman–Crippen MR) is 129 cm³/mol. The van der Waals surface area contributed by atoms with E-state index in [-0.39, 0.29) is 18.7 Å². The molecule has 0 radical (unpaired) electrons. The molecule has 0 spiro atoms. The molecule has 3 heterocycles. The molecule has 9 nitrogen and oxygen atoms in total. The lowest BCUT2D eigenvalue weighted by molar-refractivity contribution is -0.141. The Hall–Kier alpha value is -4.11. The van der Waals surface area contributed by atoms with Gasteiger partial charge >= 0.3 is 6.18 Å². The first-order valence-electron chi connectivity index (χ1n) is 11.0. The highest BCUT2D eigenvalue weighted by Gasteiger charge is 2.41. The van der Waals surface area contributed by atoms with Gasteiger partial charge in [-0.3, -0.25) is 24.6 Å². The molecule has 4 rings (SSSR count). The largest absolute Gasteiger partial charge is 0.433 e. The minimum Gasteiger partial charge on any atom is -0.299 e. The van der Waals surface area contributed by atoms with Crippen molar-refractivity contribution in [1.82, 2.24) is 25.2 Å². The third-order valence-corrected chi connectivity index (χ3v) is 5.88. The summed E-state index contributed by atoms with van der Waals surface area (Å²) in [5.74, 6) is 4.17. The summed E-state index contributed by atoms with van der Waals surface area (Å²) in [4.78, 5) is 35.0. The van der Waals surface area contributed by atoms with Gasteiger partial charge in [0.1, 0.15) is 17.4 Å². The molecule has 1 unspecified atom stereocenters. The molecule has 0 saturated carbocycles. The average Bonchev–Trinajstić information content (AvgIpc) is 3.42. The Bertz CT molecular complexity index is 1430. The van der Waals surface area contributed by atoms with Gasteiger partial charge < -0.3 is 0 Å². The van der Waals surface area contributed by atoms with Crippen LogP contribution in [0.3, 0.4) is 0 Å². The van der Waals surface area contributed by atoms with E-state index >= 15 is 0 Å². The molecular formula is C24H21ClF3N7O2. The molecule has 1 N–H and O–H groups in total. The summed E-state index contributed by atoms with van der Waals surface area (Å²) in [6.07, 6.45) is -3.33. The van der Waals surface area contributed by atoms with E-state index in [1.54, 1.807) is 49.1 Å². The van der Waals surface area contributed by atoms with E-state index < -0.39 is 35.7 Å². The predicted octanol–water partition coefficient (Wildman–Crippen LogP) is 3.19. The first-order chi connectivity index (χ1) is 17.4. The van der Waals surface area contributed by atoms with Gasteiger partial charge in [0.15, 0.2) is 0 Å². The summed E-state index contributed by atoms with van der Waals surface area (Å²) < 4.78 is 41.7. The topological polar surface area (TPSA) is 96.2 Å². The number of rotatable bonds is 4. The zero-order valence-electron chi connectivity index (χ0n) is 20.0. The molecular weight excluding hydrogens is 511 g/mol. The molecule has 1 saturated heterocycles. The van der Waals surface area contributed by atoms with Crippen LogP contribution in [0.4, 0.5) is 24.8 Å². The summed E-state index contributed by atoms with van der Waals surface area (Å²) in [7, 11) is 1.74. The summed E-state index contributed by atoms with van der Waals surface area (Å²) in [5, 5.41) is 5.63. The van der Waals surface area contributed by atoms with Crippen LogP contribution in [0.1, 0.15) is 29.1 Å². The summed E-state index contributed by atoms with van der Waals surface area (Å²) in [6, 6.07) is 6.20. The van der Waals surface area contributed by atoms with Crippen molar-refractivity contribution in [1.29, 1.82) is 0 Å². The van der Waals surface area contributed by atoms with Gasteiger partial charge in [0, 0.05) is 29.6 Å². The lowest BCUT2D eigenvalue weighted by Gasteiger charge is -2.29. The maximum Gasteiger partial charge on any atom is 0.433 e. The van der Waals surface area contributed by atoms with Crippen LogP contribution in [0.2, 0.25) is 5.02 Å². The number of benzene rings is 1. The second-order valence-corrected chi connectivity index (χ2v) is 8.76. The molecule has 37 heavy (non-hydrogen) atoms. The van der Waals surface area contributed by atoms with Crippen molar-refractivity contribution < 1.29 is 22.8 Å². The van der Waals surface area contributed by atoms with E-state index in [1.165, 1.54) is 11.8 Å². The lowest BCUT2D eigenvalue weighted by atomic mass is 10.1. The van der Waals surface area contributed by atoms with Gasteiger partial charge in [-0.2, -0.15) is 18.3 Å². The summed E-state index contributed by atoms with van der Waals surface area (Å²) in [5.41, 5.74) is 2.88. The molecule has 192 valence electrons. The third-order valence-electron chi connectivity index (χ3n) is 5.46. The van der Waals surface area contributed by atoms with E-state index in [0.717, 1.165) is 11.1 Å². The SMILES string of the molecule is Cc1cc(C(F)(F)F)nc(N2NC(=O)CC2C(=O)N(CC#Cc2ccn(C)n2)c2ccc(Cl)c(C)c2)n1. The van der Waals surface area contributed by atoms with Crippen molar-refractivity contribution in [2.75, 3.05) is 16.5 Å². The van der Waals surface area contributed by atoms with Crippen LogP contribution in [0, 0.1) is 25.7 Å². The normalized spacial score (nSPS) is 15.3. The van der Waals surface area contributed by atoms with Crippen molar-refractivity contribution in [3.8, 4) is 11.8 Å². The zero-order valence-corrected chi connectivity index (χ0v) is 20.7. The number of hydrogen-bond donors (Lipinski definition) is 1. The number of alkyl halides is 3. The summed E-state index contributed by atoms with van der Waals surface area (Å²) >= 11 is 6.15. The third kappa shape index (κ3) is 5.83. The van der Waals surface area contributed by atoms with E-state index in [0.29, 0.717) is 22.0 Å². The molecule has 0 bridgehead atoms. The molecule has 1 aromatic carbocycles. The fraction of sp³-hybridized carbons (Fsp3) is 0.292. The van der Waals surface area contributed by atoms with E-state index in [2.05, 4.69) is 32.3 Å². The lowest BCUT2D eigenvalue weighted by Crippen LogP contribution is -2.50. The number of aryl methyl sites for hydroxylation is 3. The van der Waals surface area contributed by atoms with Crippen LogP contribution in [0.5, 0.6) is 0 Å². The van der Waals surface area contributed by atoms with Gasteiger partial charge in [-0.25, -0.2) is 15.0 Å². The van der Waals surface area contributed by atoms with Crippen molar-refractivity contribution in [2.24, 2.45) is 7.05 Å². The molecule has 2 aromatic heterocycles. The van der Waals surface area contributed by atoms with Crippen LogP contribution >= 0.6 is 11.6 Å². The maximum atomic E-state index is 13.8. The Morgan fingerprint density at radius 2 is 2.00 bits per heavy atom. The Morgan fingerprint density at radius 1 is 1.24 bits per heavy atom. The Balaban J connectivity index is 1.71. The number of hydrazine groups is 1. The fourth-order valence-corrected chi connectivity index (χ4v) is 3.80. The Morgan fingerprint density at radius 3 is 2.65 bits per heavy atom. The number of aromatic nitrogens is 4. The highest BCUT2D eigenvalue weighted by atomic mass is 35.5. The van der Waals surface area contributed by atoms with E-state index in [9.17, 15) is 22.8 Å². The number of amides is 2. The molecule has 0 aliphatic carbocycles. The van der Waals surface area contributed by atoms with Gasteiger partial charge in [0.05, 0.1) is 13.0 Å². The molecule has 1 fully saturated rings. The van der Waals surface area contributed by atoms with Gasteiger partial charge in [0.25, 0.3) is 5.91 Å². The number of carbonyl (C=O) groups excluding carboxylic acids is 2. The number of halogens is 4. The first-order valence-corrected chi connectivity index (χ1v) is 11.4. The molecule has 1 atom stereocenters. The molecule has 1 aliphatic heterocycles. The zero-order chi connectivity index (χ0) is 26.9. The molecule has 2 amide bonds. The van der Waals surface area contributed by atoms with Crippen LogP contribution in [-0.2, 0) is 22.8 Å². The van der Waals surface area contributed by atoms with Crippen molar-refractivity contribution in [2.45, 2.75) is 32.5 Å². The van der Waals surface area contributed by atoms with E-state index in [4.69, 9.17) is 11.6 Å². The Labute approximate surface area is 215 Å². The van der Waals surface area contributed by atoms with Gasteiger partial charge in [-0.05, 0) is 55.7 Å². The number of nitrogens with one attached hydrogen (secondary N) is 1. The number of anilines is 2. The van der Waals surface area contributed by atoms with Crippen LogP contribution in [0.25, 0.3) is 0 Å². The monoisotopic (exact) mass is 531 g/mol. The average molecular weight is 532 g/mol. The standard InChI is InChI=1S/C24H21ClF3N7O2/c1-14-11-17(6-7-18(14)25)34(9-4-5-16-8-10-33(3)31-16)22(37)19-13-21(36)32-35(19)23-29-15(2)12-20(30-23)24(26,27)28/h6-8,10-12,19H,9,13H2,1-3H3,(H,32,36). The summed E-state index contributed by atoms with van der Waals surface area (Å²) in [6.45, 7) is 3.04. The van der Waals surface area contributed by atoms with Crippen LogP contribution in [-0.4, -0.2) is 44.1 Å². The number of carbonyl (C=O) groups is 2. The van der Waals surface area contributed by atoms with Crippen LogP contribution in [0.15, 0.2) is 36.5 Å². The molecule has 1 aliphatic rings. The number of nitrogens with zero attached hydrogens (tertiary/aromatic N) is 6. The Kier molecular flexibility index (Phi) is 7.09. The second-order valence-electron chi connectivity index (χ2n) is 8.35. The molecule has 3 aromatic rings. The van der Waals surface area contributed by atoms with Crippen LogP contribution < -0.4 is 15.3 Å².